The molecule has 0 spiro atoms. The van der Waals surface area contributed by atoms with Crippen molar-refractivity contribution in [1.29, 1.82) is 0 Å². The highest BCUT2D eigenvalue weighted by molar-refractivity contribution is 5.82. The van der Waals surface area contributed by atoms with Gasteiger partial charge in [-0.1, -0.05) is 49.9 Å². The summed E-state index contributed by atoms with van der Waals surface area (Å²) in [4.78, 5) is 90.0. The second-order valence-corrected chi connectivity index (χ2v) is 42.2. The number of hydrogen-bond acceptors (Lipinski definition) is 15. The number of halogens is 4. The van der Waals surface area contributed by atoms with Gasteiger partial charge in [-0.3, -0.25) is 14.7 Å². The van der Waals surface area contributed by atoms with Crippen LogP contribution >= 0.6 is 0 Å². The Morgan fingerprint density at radius 3 is 0.953 bits per heavy atom. The van der Waals surface area contributed by atoms with Crippen LogP contribution in [0.4, 0.5) is 54.7 Å². The third-order valence-electron chi connectivity index (χ3n) is 30.6. The number of ether oxygens (including phenoxy) is 3. The first-order valence-corrected chi connectivity index (χ1v) is 47.9. The number of hydrogen-bond donors (Lipinski definition) is 5. The summed E-state index contributed by atoms with van der Waals surface area (Å²) >= 11 is 0. The summed E-state index contributed by atoms with van der Waals surface area (Å²) in [7, 11) is 0. The summed E-state index contributed by atoms with van der Waals surface area (Å²) in [5, 5.41) is 3.84. The summed E-state index contributed by atoms with van der Waals surface area (Å²) in [5.74, 6) is 3.17. The third-order valence-corrected chi connectivity index (χ3v) is 30.6. The van der Waals surface area contributed by atoms with Crippen LogP contribution in [-0.4, -0.2) is 140 Å². The molecule has 12 heterocycles. The molecule has 12 fully saturated rings. The zero-order chi connectivity index (χ0) is 87.4. The number of carbonyl (C=O) groups is 3. The van der Waals surface area contributed by atoms with Crippen molar-refractivity contribution in [2.24, 2.45) is 23.7 Å². The van der Waals surface area contributed by atoms with E-state index in [0.717, 1.165) is 243 Å². The molecule has 127 heavy (non-hydrogen) atoms. The van der Waals surface area contributed by atoms with Crippen molar-refractivity contribution in [1.82, 2.24) is 59.9 Å². The molecule has 0 radical (unpaired) electrons. The monoisotopic (exact) mass is 1730 g/mol. The maximum atomic E-state index is 16.4. The SMILES string of the molecule is CC(C)(C)OC(=O)N1[C@H](c2nc3ccc([C@H]4CC[C@H](c5ccc6nc([C@@H]7C[C@@H]8CCC[C@@H]8N7)[nH]c6c5)N4c4cc(F)c(N5CCCCC5)c(F)c4)cc3[nH]2)C[C@@H]2CCC[C@@H]21.CC(C)(C)OC(=O)N1[C@H](c2nc3ccc([C@H]4CC[C@H](c5ccc6nc([C@@H]7C[C@@H]8CCC[C@@H]8N7C(=O)OC(C)(C)C)[nH]c6c5)N4c4cc(F)c(N5CCCCC5)c(F)c4)cc3[nH]2)C[C@@H]2CCC[C@@H]21. The fourth-order valence-corrected chi connectivity index (χ4v) is 25.2. The van der Waals surface area contributed by atoms with E-state index in [4.69, 9.17) is 34.1 Å². The van der Waals surface area contributed by atoms with Crippen molar-refractivity contribution < 1.29 is 46.2 Å². The number of aromatic nitrogens is 8. The molecule has 10 aromatic rings. The van der Waals surface area contributed by atoms with Crippen molar-refractivity contribution in [3.05, 3.63) is 166 Å². The maximum absolute atomic E-state index is 16.4. The van der Waals surface area contributed by atoms with Crippen LogP contribution in [-0.2, 0) is 14.2 Å². The number of aromatic amines is 4. The third kappa shape index (κ3) is 16.0. The van der Waals surface area contributed by atoms with Gasteiger partial charge < -0.3 is 59.1 Å². The van der Waals surface area contributed by atoms with Gasteiger partial charge in [0.25, 0.3) is 0 Å². The van der Waals surface area contributed by atoms with Gasteiger partial charge in [-0.2, -0.15) is 0 Å². The number of nitrogens with zero attached hydrogens (tertiary/aromatic N) is 11. The first kappa shape index (κ1) is 83.8. The smallest absolute Gasteiger partial charge is 0.411 e. The molecule has 8 saturated heterocycles. The molecule has 5 N–H and O–H groups in total. The molecular formula is C101H124F4N16O6. The highest BCUT2D eigenvalue weighted by Crippen LogP contribution is 2.56. The quantitative estimate of drug-likeness (QED) is 0.0566. The molecule has 6 aromatic carbocycles. The molecule has 0 unspecified atom stereocenters. The van der Waals surface area contributed by atoms with E-state index in [1.807, 2.05) is 105 Å². The lowest BCUT2D eigenvalue weighted by Gasteiger charge is -2.35. The molecular weight excluding hydrogens is 1610 g/mol. The Morgan fingerprint density at radius 2 is 0.638 bits per heavy atom. The predicted octanol–water partition coefficient (Wildman–Crippen LogP) is 23.3. The van der Waals surface area contributed by atoms with Crippen LogP contribution in [0.5, 0.6) is 0 Å². The standard InChI is InChI=1S/C53H66F2N8O4.C48H58F2N8O2/c1-52(2,3)66-50(64)62-41-14-10-12-30(41)26-45(62)48-56-37-18-16-32(24-39(37)58-48)43-20-21-44(61(43)34-28-35(54)47(36(55)29-34)60-22-8-7-9-23-60)33-17-19-38-40(25-33)59-49(57-38)46-27-31-13-11-15-42(31)63(46)51(65)67-53(4,5)6;1-48(2,3)60-47(59)58-40-12-8-10-28(40)24-43(58)46-53-36-16-14-30(23-38(36)55-46)42-18-17-41(57(42)31-25-32(49)44(33(50)26-31)56-19-5-4-6-20-56)29-13-15-35-37(22-29)54-45(52-35)39-21-27-9-7-11-34(27)51-39/h16-19,24-25,28-31,41-46H,7-15,20-23,26-27H2,1-6H3,(H,56,58)(H,57,59);13-16,22-23,25-28,34,39-43,51H,4-12,17-21,24H2,1-3H3,(H,52,54)(H,53,55)/t30-,31-,41-,42-,43+,44+,45-,46-;27-,28-,34-,39-,40-,41+,42+,43-/m00/s1. The Balaban J connectivity index is 0.000000156. The molecule has 22 rings (SSSR count). The first-order chi connectivity index (χ1) is 61.1. The van der Waals surface area contributed by atoms with Gasteiger partial charge in [0.15, 0.2) is 23.3 Å². The minimum atomic E-state index is -0.612. The summed E-state index contributed by atoms with van der Waals surface area (Å²) in [5.41, 5.74) is 10.5. The van der Waals surface area contributed by atoms with E-state index in [1.54, 1.807) is 12.1 Å². The lowest BCUT2D eigenvalue weighted by atomic mass is 10.0. The molecule has 672 valence electrons. The van der Waals surface area contributed by atoms with Crippen molar-refractivity contribution in [2.75, 3.05) is 45.8 Å². The van der Waals surface area contributed by atoms with Crippen LogP contribution in [0.1, 0.15) is 323 Å². The van der Waals surface area contributed by atoms with E-state index >= 15 is 17.6 Å². The number of carbonyl (C=O) groups excluding carboxylic acids is 3. The fourth-order valence-electron chi connectivity index (χ4n) is 25.2. The van der Waals surface area contributed by atoms with E-state index in [9.17, 15) is 14.4 Å². The Kier molecular flexibility index (Phi) is 21.7. The molecule has 3 amide bonds. The fraction of sp³-hybridized carbons (Fsp3) is 0.574. The molecule has 4 saturated carbocycles. The largest absolute Gasteiger partial charge is 0.444 e. The van der Waals surface area contributed by atoms with Gasteiger partial charge >= 0.3 is 18.3 Å². The number of benzene rings is 6. The second kappa shape index (κ2) is 32.8. The van der Waals surface area contributed by atoms with E-state index in [2.05, 4.69) is 89.6 Å². The summed E-state index contributed by atoms with van der Waals surface area (Å²) in [6, 6.07) is 31.4. The van der Waals surface area contributed by atoms with Crippen LogP contribution in [0.2, 0.25) is 0 Å². The number of piperidine rings is 2. The number of rotatable bonds is 12. The van der Waals surface area contributed by atoms with Crippen LogP contribution in [0.3, 0.4) is 0 Å². The average molecular weight is 1730 g/mol. The summed E-state index contributed by atoms with van der Waals surface area (Å²) in [6.07, 6.45) is 25.1. The van der Waals surface area contributed by atoms with Crippen LogP contribution in [0.25, 0.3) is 44.1 Å². The van der Waals surface area contributed by atoms with Gasteiger partial charge in [0, 0.05) is 61.7 Å². The Bertz CT molecular complexity index is 5630. The molecule has 26 heteroatoms. The molecule has 4 aromatic heterocycles. The van der Waals surface area contributed by atoms with Gasteiger partial charge in [0.05, 0.1) is 92.5 Å². The number of likely N-dealkylation sites (tertiary alicyclic amines) is 3. The number of fused-ring (bicyclic) bond motifs is 8. The zero-order valence-corrected chi connectivity index (χ0v) is 75.1. The Labute approximate surface area is 741 Å². The molecule has 4 aliphatic carbocycles. The molecule has 0 bridgehead atoms. The number of imidazole rings is 4. The van der Waals surface area contributed by atoms with Gasteiger partial charge in [-0.15, -0.1) is 0 Å². The van der Waals surface area contributed by atoms with Crippen LogP contribution in [0.15, 0.2) is 97.1 Å². The normalized spacial score (nSPS) is 28.5. The average Bonchev–Trinajstić information content (AvgIpc) is 1.62. The van der Waals surface area contributed by atoms with Gasteiger partial charge in [0.2, 0.25) is 0 Å². The van der Waals surface area contributed by atoms with E-state index < -0.39 is 40.1 Å². The highest BCUT2D eigenvalue weighted by atomic mass is 19.1. The Morgan fingerprint density at radius 1 is 0.339 bits per heavy atom. The van der Waals surface area contributed by atoms with E-state index in [-0.39, 0.29) is 96.1 Å². The molecule has 12 aliphatic rings. The highest BCUT2D eigenvalue weighted by Gasteiger charge is 2.53. The van der Waals surface area contributed by atoms with E-state index in [0.29, 0.717) is 61.3 Å². The predicted molar refractivity (Wildman–Crippen MR) is 485 cm³/mol. The minimum absolute atomic E-state index is 0.0570. The Hall–Kier alpha value is -10.1. The molecule has 22 nitrogen and oxygen atoms in total. The lowest BCUT2D eigenvalue weighted by molar-refractivity contribution is 0.0120. The van der Waals surface area contributed by atoms with Crippen LogP contribution < -0.4 is 24.9 Å². The van der Waals surface area contributed by atoms with Crippen molar-refractivity contribution in [3.63, 3.8) is 0 Å². The number of H-pyrrole nitrogens is 4. The molecule has 16 atom stereocenters. The van der Waals surface area contributed by atoms with Crippen molar-refractivity contribution in [3.8, 4) is 0 Å². The van der Waals surface area contributed by atoms with Crippen molar-refractivity contribution >= 4 is 85.2 Å². The van der Waals surface area contributed by atoms with E-state index in [1.165, 1.54) is 31.4 Å². The number of nitrogens with one attached hydrogen (secondary N) is 5. The summed E-state index contributed by atoms with van der Waals surface area (Å²) in [6.45, 7) is 19.8. The first-order valence-electron chi connectivity index (χ1n) is 47.9. The second-order valence-electron chi connectivity index (χ2n) is 42.2. The number of amides is 3. The van der Waals surface area contributed by atoms with Crippen molar-refractivity contribution in [2.45, 2.75) is 319 Å². The zero-order valence-electron chi connectivity index (χ0n) is 75.1. The topological polar surface area (TPSA) is 228 Å². The minimum Gasteiger partial charge on any atom is -0.444 e. The van der Waals surface area contributed by atoms with Gasteiger partial charge in [0.1, 0.15) is 51.5 Å². The maximum Gasteiger partial charge on any atom is 0.411 e. The molecule has 8 aliphatic heterocycles. The van der Waals surface area contributed by atoms with Crippen LogP contribution in [0, 0.1) is 46.9 Å². The summed E-state index contributed by atoms with van der Waals surface area (Å²) < 4.78 is 83.3. The van der Waals surface area contributed by atoms with Gasteiger partial charge in [-0.05, 0) is 322 Å². The number of anilines is 4. The van der Waals surface area contributed by atoms with Gasteiger partial charge in [-0.25, -0.2) is 51.9 Å². The lowest BCUT2D eigenvalue weighted by Crippen LogP contribution is -2.41.